The van der Waals surface area contributed by atoms with Crippen molar-refractivity contribution in [1.82, 2.24) is 0 Å². The van der Waals surface area contributed by atoms with Crippen molar-refractivity contribution in [2.75, 3.05) is 5.88 Å². The van der Waals surface area contributed by atoms with Gasteiger partial charge in [0.05, 0.1) is 5.56 Å². The minimum absolute atomic E-state index is 0.360. The van der Waals surface area contributed by atoms with Crippen LogP contribution in [0.1, 0.15) is 21.5 Å². The topological polar surface area (TPSA) is 37.3 Å². The molecule has 13 heavy (non-hydrogen) atoms. The number of carboxylic acids is 1. The number of aromatic carboxylic acids is 1. The van der Waals surface area contributed by atoms with Crippen LogP contribution in [0, 0.1) is 6.92 Å². The number of alkyl halides is 1. The van der Waals surface area contributed by atoms with Crippen LogP contribution < -0.4 is 0 Å². The van der Waals surface area contributed by atoms with Gasteiger partial charge >= 0.3 is 5.97 Å². The number of halogens is 1. The molecule has 0 radical (unpaired) electrons. The second kappa shape index (κ2) is 4.28. The van der Waals surface area contributed by atoms with E-state index in [4.69, 9.17) is 16.7 Å². The third-order valence-corrected chi connectivity index (χ3v) is 2.09. The Morgan fingerprint density at radius 2 is 2.23 bits per heavy atom. The van der Waals surface area contributed by atoms with Crippen molar-refractivity contribution in [3.63, 3.8) is 0 Å². The molecule has 0 aliphatic heterocycles. The number of hydrogen-bond donors (Lipinski definition) is 1. The van der Waals surface area contributed by atoms with Gasteiger partial charge in [-0.15, -0.1) is 11.6 Å². The lowest BCUT2D eigenvalue weighted by Gasteiger charge is -2.03. The van der Waals surface area contributed by atoms with E-state index in [0.717, 1.165) is 17.5 Å². The van der Waals surface area contributed by atoms with Gasteiger partial charge in [-0.05, 0) is 30.5 Å². The summed E-state index contributed by atoms with van der Waals surface area (Å²) in [7, 11) is 0. The first kappa shape index (κ1) is 10.1. The highest BCUT2D eigenvalue weighted by molar-refractivity contribution is 6.18. The van der Waals surface area contributed by atoms with E-state index in [9.17, 15) is 4.79 Å². The van der Waals surface area contributed by atoms with Crippen LogP contribution in [0.2, 0.25) is 0 Å². The summed E-state index contributed by atoms with van der Waals surface area (Å²) < 4.78 is 0. The van der Waals surface area contributed by atoms with E-state index in [-0.39, 0.29) is 0 Å². The van der Waals surface area contributed by atoms with E-state index in [1.807, 2.05) is 6.07 Å². The van der Waals surface area contributed by atoms with Crippen molar-refractivity contribution >= 4 is 17.6 Å². The lowest BCUT2D eigenvalue weighted by atomic mass is 10.0. The van der Waals surface area contributed by atoms with Crippen LogP contribution in [0.3, 0.4) is 0 Å². The highest BCUT2D eigenvalue weighted by atomic mass is 35.5. The molecule has 1 rings (SSSR count). The Morgan fingerprint density at radius 1 is 1.54 bits per heavy atom. The number of aryl methyl sites for hydroxylation is 2. The van der Waals surface area contributed by atoms with Crippen molar-refractivity contribution in [2.45, 2.75) is 13.3 Å². The Labute approximate surface area is 82.2 Å². The zero-order valence-corrected chi connectivity index (χ0v) is 8.14. The summed E-state index contributed by atoms with van der Waals surface area (Å²) in [5, 5.41) is 8.76. The molecule has 0 saturated carbocycles. The number of hydrogen-bond acceptors (Lipinski definition) is 1. The van der Waals surface area contributed by atoms with Gasteiger partial charge in [0, 0.05) is 5.88 Å². The SMILES string of the molecule is Cc1cc(CCCl)ccc1C(=O)O. The van der Waals surface area contributed by atoms with E-state index < -0.39 is 5.97 Å². The van der Waals surface area contributed by atoms with Gasteiger partial charge in [0.1, 0.15) is 0 Å². The number of carbonyl (C=O) groups is 1. The highest BCUT2D eigenvalue weighted by Crippen LogP contribution is 2.11. The summed E-state index contributed by atoms with van der Waals surface area (Å²) in [5.74, 6) is -0.318. The maximum Gasteiger partial charge on any atom is 0.335 e. The maximum absolute atomic E-state index is 10.7. The normalized spacial score (nSPS) is 10.0. The first-order valence-corrected chi connectivity index (χ1v) is 4.57. The average molecular weight is 199 g/mol. The summed E-state index contributed by atoms with van der Waals surface area (Å²) >= 11 is 5.57. The molecule has 0 saturated heterocycles. The minimum atomic E-state index is -0.880. The standard InChI is InChI=1S/C10H11ClO2/c1-7-6-8(4-5-11)2-3-9(7)10(12)13/h2-3,6H,4-5H2,1H3,(H,12,13). The van der Waals surface area contributed by atoms with Crippen LogP contribution in [0.4, 0.5) is 0 Å². The molecular formula is C10H11ClO2. The van der Waals surface area contributed by atoms with Gasteiger partial charge in [-0.25, -0.2) is 4.79 Å². The first-order chi connectivity index (χ1) is 6.15. The number of benzene rings is 1. The Balaban J connectivity index is 2.98. The molecule has 0 aliphatic rings. The monoisotopic (exact) mass is 198 g/mol. The molecule has 70 valence electrons. The molecule has 0 amide bonds. The van der Waals surface area contributed by atoms with Crippen LogP contribution in [0.5, 0.6) is 0 Å². The van der Waals surface area contributed by atoms with Crippen molar-refractivity contribution < 1.29 is 9.90 Å². The fourth-order valence-electron chi connectivity index (χ4n) is 1.23. The van der Waals surface area contributed by atoms with Crippen LogP contribution in [-0.2, 0) is 6.42 Å². The Kier molecular flexibility index (Phi) is 3.32. The molecule has 0 atom stereocenters. The second-order valence-electron chi connectivity index (χ2n) is 2.89. The lowest BCUT2D eigenvalue weighted by molar-refractivity contribution is 0.0696. The van der Waals surface area contributed by atoms with E-state index in [1.165, 1.54) is 0 Å². The van der Waals surface area contributed by atoms with Crippen molar-refractivity contribution in [3.05, 3.63) is 34.9 Å². The highest BCUT2D eigenvalue weighted by Gasteiger charge is 2.06. The molecule has 1 aromatic carbocycles. The number of rotatable bonds is 3. The minimum Gasteiger partial charge on any atom is -0.478 e. The molecule has 0 aliphatic carbocycles. The van der Waals surface area contributed by atoms with Gasteiger partial charge in [0.15, 0.2) is 0 Å². The van der Waals surface area contributed by atoms with Gasteiger partial charge in [-0.1, -0.05) is 12.1 Å². The van der Waals surface area contributed by atoms with Gasteiger partial charge in [-0.2, -0.15) is 0 Å². The van der Waals surface area contributed by atoms with Gasteiger partial charge in [0.25, 0.3) is 0 Å². The molecule has 3 heteroatoms. The molecule has 0 spiro atoms. The number of carboxylic acid groups (broad SMARTS) is 1. The Morgan fingerprint density at radius 3 is 2.69 bits per heavy atom. The quantitative estimate of drug-likeness (QED) is 0.758. The van der Waals surface area contributed by atoms with Crippen molar-refractivity contribution in [2.24, 2.45) is 0 Å². The molecule has 0 fully saturated rings. The first-order valence-electron chi connectivity index (χ1n) is 4.04. The Hall–Kier alpha value is -1.02. The molecule has 2 nitrogen and oxygen atoms in total. The summed E-state index contributed by atoms with van der Waals surface area (Å²) in [6.07, 6.45) is 0.780. The molecule has 0 aromatic heterocycles. The van der Waals surface area contributed by atoms with Gasteiger partial charge in [-0.3, -0.25) is 0 Å². The summed E-state index contributed by atoms with van der Waals surface area (Å²) in [5.41, 5.74) is 2.23. The Bertz CT molecular complexity index is 321. The van der Waals surface area contributed by atoms with Crippen molar-refractivity contribution in [1.29, 1.82) is 0 Å². The van der Waals surface area contributed by atoms with Crippen LogP contribution in [0.25, 0.3) is 0 Å². The third kappa shape index (κ3) is 2.46. The zero-order chi connectivity index (χ0) is 9.84. The molecule has 0 unspecified atom stereocenters. The zero-order valence-electron chi connectivity index (χ0n) is 7.38. The molecular weight excluding hydrogens is 188 g/mol. The van der Waals surface area contributed by atoms with Crippen LogP contribution in [-0.4, -0.2) is 17.0 Å². The summed E-state index contributed by atoms with van der Waals surface area (Å²) in [6.45, 7) is 1.79. The van der Waals surface area contributed by atoms with Gasteiger partial charge in [0.2, 0.25) is 0 Å². The van der Waals surface area contributed by atoms with Crippen LogP contribution >= 0.6 is 11.6 Å². The van der Waals surface area contributed by atoms with E-state index >= 15 is 0 Å². The average Bonchev–Trinajstić information content (AvgIpc) is 2.04. The fourth-order valence-corrected chi connectivity index (χ4v) is 1.45. The smallest absolute Gasteiger partial charge is 0.335 e. The fraction of sp³-hybridized carbons (Fsp3) is 0.300. The second-order valence-corrected chi connectivity index (χ2v) is 3.27. The molecule has 0 bridgehead atoms. The van der Waals surface area contributed by atoms with E-state index in [0.29, 0.717) is 11.4 Å². The summed E-state index contributed by atoms with van der Waals surface area (Å²) in [6, 6.07) is 5.30. The van der Waals surface area contributed by atoms with Crippen molar-refractivity contribution in [3.8, 4) is 0 Å². The molecule has 1 aromatic rings. The maximum atomic E-state index is 10.7. The van der Waals surface area contributed by atoms with E-state index in [1.54, 1.807) is 19.1 Å². The molecule has 1 N–H and O–H groups in total. The predicted octanol–water partition coefficient (Wildman–Crippen LogP) is 2.47. The van der Waals surface area contributed by atoms with E-state index in [2.05, 4.69) is 0 Å². The predicted molar refractivity (Wildman–Crippen MR) is 52.6 cm³/mol. The van der Waals surface area contributed by atoms with Gasteiger partial charge < -0.3 is 5.11 Å². The third-order valence-electron chi connectivity index (χ3n) is 1.90. The van der Waals surface area contributed by atoms with Crippen LogP contribution in [0.15, 0.2) is 18.2 Å². The largest absolute Gasteiger partial charge is 0.478 e. The lowest BCUT2D eigenvalue weighted by Crippen LogP contribution is -2.00. The molecule has 0 heterocycles. The summed E-state index contributed by atoms with van der Waals surface area (Å²) in [4.78, 5) is 10.7.